The number of rotatable bonds is 7. The lowest BCUT2D eigenvalue weighted by atomic mass is 9.66. The van der Waals surface area contributed by atoms with Crippen LogP contribution in [0, 0.1) is 5.41 Å². The second-order valence-electron chi connectivity index (χ2n) is 6.27. The molecule has 0 bridgehead atoms. The fourth-order valence-corrected chi connectivity index (χ4v) is 3.68. The van der Waals surface area contributed by atoms with Crippen molar-refractivity contribution in [3.63, 3.8) is 0 Å². The van der Waals surface area contributed by atoms with Gasteiger partial charge in [-0.25, -0.2) is 0 Å². The maximum absolute atomic E-state index is 5.95. The highest BCUT2D eigenvalue weighted by atomic mass is 15.2. The van der Waals surface area contributed by atoms with Crippen molar-refractivity contribution in [1.29, 1.82) is 0 Å². The fourth-order valence-electron chi connectivity index (χ4n) is 3.68. The zero-order chi connectivity index (χ0) is 13.0. The topological polar surface area (TPSA) is 32.5 Å². The summed E-state index contributed by atoms with van der Waals surface area (Å²) >= 11 is 0. The van der Waals surface area contributed by atoms with Gasteiger partial charge in [0.2, 0.25) is 0 Å². The lowest BCUT2D eigenvalue weighted by Gasteiger charge is -2.42. The number of hydrogen-bond acceptors (Lipinski definition) is 3. The third-order valence-corrected chi connectivity index (χ3v) is 5.38. The van der Waals surface area contributed by atoms with Gasteiger partial charge in [0.1, 0.15) is 0 Å². The third kappa shape index (κ3) is 3.06. The Kier molecular flexibility index (Phi) is 5.05. The normalized spacial score (nSPS) is 27.7. The number of likely N-dealkylation sites (N-methyl/N-ethyl adjacent to an activating group) is 1. The number of hydrogen-bond donors (Lipinski definition) is 1. The monoisotopic (exact) mass is 253 g/mol. The van der Waals surface area contributed by atoms with E-state index >= 15 is 0 Å². The fraction of sp³-hybridized carbons (Fsp3) is 1.00. The molecule has 0 aromatic carbocycles. The van der Waals surface area contributed by atoms with Crippen LogP contribution in [0.2, 0.25) is 0 Å². The Labute approximate surface area is 113 Å². The molecule has 1 heterocycles. The lowest BCUT2D eigenvalue weighted by Crippen LogP contribution is -2.41. The van der Waals surface area contributed by atoms with Gasteiger partial charge in [0.25, 0.3) is 0 Å². The Morgan fingerprint density at radius 3 is 2.50 bits per heavy atom. The van der Waals surface area contributed by atoms with Gasteiger partial charge >= 0.3 is 0 Å². The Morgan fingerprint density at radius 1 is 1.28 bits per heavy atom. The van der Waals surface area contributed by atoms with Gasteiger partial charge in [-0.2, -0.15) is 0 Å². The number of nitrogens with two attached hydrogens (primary N) is 1. The van der Waals surface area contributed by atoms with Gasteiger partial charge in [-0.3, -0.25) is 4.90 Å². The first-order valence-electron chi connectivity index (χ1n) is 7.89. The van der Waals surface area contributed by atoms with Crippen LogP contribution in [0.5, 0.6) is 0 Å². The number of likely N-dealkylation sites (tertiary alicyclic amines) is 1. The maximum Gasteiger partial charge on any atom is 0.0235 e. The molecule has 18 heavy (non-hydrogen) atoms. The molecule has 1 aliphatic heterocycles. The van der Waals surface area contributed by atoms with Crippen LogP contribution >= 0.6 is 0 Å². The van der Waals surface area contributed by atoms with E-state index in [1.54, 1.807) is 0 Å². The van der Waals surface area contributed by atoms with Crippen molar-refractivity contribution in [3.05, 3.63) is 0 Å². The van der Waals surface area contributed by atoms with Crippen LogP contribution in [0.15, 0.2) is 0 Å². The molecule has 3 heteroatoms. The second-order valence-corrected chi connectivity index (χ2v) is 6.27. The first kappa shape index (κ1) is 14.3. The molecule has 1 saturated heterocycles. The van der Waals surface area contributed by atoms with Crippen LogP contribution in [0.25, 0.3) is 0 Å². The summed E-state index contributed by atoms with van der Waals surface area (Å²) in [6, 6.07) is 0.801. The largest absolute Gasteiger partial charge is 0.330 e. The molecule has 0 spiro atoms. The molecule has 3 nitrogen and oxygen atoms in total. The van der Waals surface area contributed by atoms with Gasteiger partial charge in [0, 0.05) is 12.6 Å². The first-order chi connectivity index (χ1) is 8.73. The van der Waals surface area contributed by atoms with Gasteiger partial charge in [0.15, 0.2) is 0 Å². The molecule has 1 saturated carbocycles. The van der Waals surface area contributed by atoms with Crippen molar-refractivity contribution in [2.75, 3.05) is 39.3 Å². The molecule has 1 atom stereocenters. The summed E-state index contributed by atoms with van der Waals surface area (Å²) in [5, 5.41) is 0. The predicted octanol–water partition coefficient (Wildman–Crippen LogP) is 1.92. The maximum atomic E-state index is 5.95. The van der Waals surface area contributed by atoms with Gasteiger partial charge in [-0.15, -0.1) is 0 Å². The molecule has 0 aromatic heterocycles. The highest BCUT2D eigenvalue weighted by Gasteiger charge is 2.36. The SMILES string of the molecule is CCN(CC)C1CCN(CCC2(CN)CCC2)C1. The highest BCUT2D eigenvalue weighted by Crippen LogP contribution is 2.43. The molecule has 1 aliphatic carbocycles. The molecule has 0 radical (unpaired) electrons. The molecule has 0 amide bonds. The van der Waals surface area contributed by atoms with Crippen molar-refractivity contribution in [3.8, 4) is 0 Å². The van der Waals surface area contributed by atoms with Crippen molar-refractivity contribution < 1.29 is 0 Å². The minimum atomic E-state index is 0.521. The van der Waals surface area contributed by atoms with Gasteiger partial charge in [-0.05, 0) is 63.8 Å². The van der Waals surface area contributed by atoms with E-state index in [9.17, 15) is 0 Å². The van der Waals surface area contributed by atoms with E-state index in [1.807, 2.05) is 0 Å². The van der Waals surface area contributed by atoms with E-state index in [2.05, 4.69) is 23.6 Å². The van der Waals surface area contributed by atoms with E-state index in [1.165, 1.54) is 64.8 Å². The smallest absolute Gasteiger partial charge is 0.0235 e. The zero-order valence-corrected chi connectivity index (χ0v) is 12.3. The quantitative estimate of drug-likeness (QED) is 0.752. The summed E-state index contributed by atoms with van der Waals surface area (Å²) < 4.78 is 0. The molecular formula is C15H31N3. The standard InChI is InChI=1S/C15H31N3/c1-3-18(4-2)14-6-10-17(12-14)11-9-15(13-16)7-5-8-15/h14H,3-13,16H2,1-2H3. The van der Waals surface area contributed by atoms with Crippen molar-refractivity contribution in [1.82, 2.24) is 9.80 Å². The van der Waals surface area contributed by atoms with Crippen LogP contribution in [-0.2, 0) is 0 Å². The Morgan fingerprint density at radius 2 is 2.00 bits per heavy atom. The van der Waals surface area contributed by atoms with Gasteiger partial charge < -0.3 is 10.6 Å². The lowest BCUT2D eigenvalue weighted by molar-refractivity contribution is 0.109. The number of nitrogens with zero attached hydrogens (tertiary/aromatic N) is 2. The molecule has 106 valence electrons. The summed E-state index contributed by atoms with van der Waals surface area (Å²) in [5.41, 5.74) is 6.47. The molecule has 2 aliphatic rings. The first-order valence-corrected chi connectivity index (χ1v) is 7.89. The summed E-state index contributed by atoms with van der Waals surface area (Å²) in [7, 11) is 0. The highest BCUT2D eigenvalue weighted by molar-refractivity contribution is 4.90. The van der Waals surface area contributed by atoms with Crippen LogP contribution < -0.4 is 5.73 Å². The van der Waals surface area contributed by atoms with Crippen LogP contribution in [-0.4, -0.2) is 55.1 Å². The molecule has 1 unspecified atom stereocenters. The molecule has 2 N–H and O–H groups in total. The van der Waals surface area contributed by atoms with Crippen LogP contribution in [0.3, 0.4) is 0 Å². The third-order valence-electron chi connectivity index (χ3n) is 5.38. The van der Waals surface area contributed by atoms with Gasteiger partial charge in [-0.1, -0.05) is 20.3 Å². The Balaban J connectivity index is 1.72. The Bertz CT molecular complexity index is 241. The summed E-state index contributed by atoms with van der Waals surface area (Å²) in [6.07, 6.45) is 6.83. The second kappa shape index (κ2) is 6.36. The van der Waals surface area contributed by atoms with Crippen molar-refractivity contribution >= 4 is 0 Å². The van der Waals surface area contributed by atoms with E-state index in [4.69, 9.17) is 5.73 Å². The van der Waals surface area contributed by atoms with Gasteiger partial charge in [0.05, 0.1) is 0 Å². The van der Waals surface area contributed by atoms with Crippen molar-refractivity contribution in [2.45, 2.75) is 52.0 Å². The molecule has 0 aromatic rings. The zero-order valence-electron chi connectivity index (χ0n) is 12.3. The minimum Gasteiger partial charge on any atom is -0.330 e. The average Bonchev–Trinajstić information content (AvgIpc) is 2.79. The van der Waals surface area contributed by atoms with E-state index in [0.717, 1.165) is 12.6 Å². The average molecular weight is 253 g/mol. The Hall–Kier alpha value is -0.120. The van der Waals surface area contributed by atoms with Crippen LogP contribution in [0.1, 0.15) is 46.0 Å². The summed E-state index contributed by atoms with van der Waals surface area (Å²) in [6.45, 7) is 11.7. The van der Waals surface area contributed by atoms with E-state index < -0.39 is 0 Å². The molecule has 2 fully saturated rings. The predicted molar refractivity (Wildman–Crippen MR) is 77.7 cm³/mol. The molecule has 2 rings (SSSR count). The van der Waals surface area contributed by atoms with Crippen molar-refractivity contribution in [2.24, 2.45) is 11.1 Å². The summed E-state index contributed by atoms with van der Waals surface area (Å²) in [5.74, 6) is 0. The van der Waals surface area contributed by atoms with E-state index in [0.29, 0.717) is 5.41 Å². The van der Waals surface area contributed by atoms with E-state index in [-0.39, 0.29) is 0 Å². The minimum absolute atomic E-state index is 0.521. The summed E-state index contributed by atoms with van der Waals surface area (Å²) in [4.78, 5) is 5.28. The van der Waals surface area contributed by atoms with Crippen LogP contribution in [0.4, 0.5) is 0 Å². The molecular weight excluding hydrogens is 222 g/mol.